The molecule has 3 rings (SSSR count). The molecule has 1 aliphatic carbocycles. The van der Waals surface area contributed by atoms with Crippen LogP contribution in [0.25, 0.3) is 0 Å². The average molecular weight is 587 g/mol. The van der Waals surface area contributed by atoms with Gasteiger partial charge in [0.15, 0.2) is 6.29 Å². The van der Waals surface area contributed by atoms with Crippen LogP contribution < -0.4 is 4.74 Å². The highest BCUT2D eigenvalue weighted by molar-refractivity contribution is 5.72. The molecule has 1 heterocycles. The van der Waals surface area contributed by atoms with Crippen LogP contribution in [0.2, 0.25) is 0 Å². The van der Waals surface area contributed by atoms with E-state index in [0.717, 1.165) is 83.8 Å². The van der Waals surface area contributed by atoms with Crippen molar-refractivity contribution < 1.29 is 28.5 Å². The number of carbonyl (C=O) groups is 2. The number of rotatable bonds is 21. The van der Waals surface area contributed by atoms with E-state index in [9.17, 15) is 9.59 Å². The van der Waals surface area contributed by atoms with Crippen molar-refractivity contribution in [2.45, 2.75) is 166 Å². The van der Waals surface area contributed by atoms with Gasteiger partial charge in [0, 0.05) is 26.1 Å². The Morgan fingerprint density at radius 2 is 1.33 bits per heavy atom. The number of hydrogen-bond acceptors (Lipinski definition) is 6. The summed E-state index contributed by atoms with van der Waals surface area (Å²) in [5.41, 5.74) is 1.28. The molecule has 0 bridgehead atoms. The first-order chi connectivity index (χ1) is 20.6. The summed E-state index contributed by atoms with van der Waals surface area (Å²) >= 11 is 0. The normalized spacial score (nSPS) is 20.7. The Kier molecular flexibility index (Phi) is 17.9. The molecule has 42 heavy (non-hydrogen) atoms. The molecule has 238 valence electrons. The van der Waals surface area contributed by atoms with E-state index in [2.05, 4.69) is 19.1 Å². The summed E-state index contributed by atoms with van der Waals surface area (Å²) in [6.07, 6.45) is 23.5. The van der Waals surface area contributed by atoms with E-state index < -0.39 is 0 Å². The van der Waals surface area contributed by atoms with Crippen molar-refractivity contribution in [1.82, 2.24) is 0 Å². The van der Waals surface area contributed by atoms with E-state index in [1.807, 2.05) is 12.1 Å². The monoisotopic (exact) mass is 586 g/mol. The first kappa shape index (κ1) is 34.6. The first-order valence-electron chi connectivity index (χ1n) is 17.4. The van der Waals surface area contributed by atoms with Crippen LogP contribution in [0.15, 0.2) is 24.3 Å². The van der Waals surface area contributed by atoms with Gasteiger partial charge in [-0.15, -0.1) is 0 Å². The lowest BCUT2D eigenvalue weighted by Crippen LogP contribution is -2.23. The van der Waals surface area contributed by atoms with Crippen LogP contribution in [0.5, 0.6) is 5.75 Å². The Hall–Kier alpha value is -1.92. The third-order valence-corrected chi connectivity index (χ3v) is 8.76. The minimum Gasteiger partial charge on any atom is -0.462 e. The van der Waals surface area contributed by atoms with Gasteiger partial charge in [-0.1, -0.05) is 83.3 Å². The van der Waals surface area contributed by atoms with Crippen LogP contribution in [-0.2, 0) is 23.8 Å². The number of unbranched alkanes of at least 4 members (excludes halogenated alkanes) is 11. The van der Waals surface area contributed by atoms with Crippen LogP contribution >= 0.6 is 0 Å². The molecule has 0 aromatic heterocycles. The number of benzene rings is 1. The molecule has 0 spiro atoms. The first-order valence-corrected chi connectivity index (χ1v) is 17.4. The van der Waals surface area contributed by atoms with Gasteiger partial charge < -0.3 is 18.9 Å². The van der Waals surface area contributed by atoms with Gasteiger partial charge in [0.1, 0.15) is 11.9 Å². The predicted octanol–water partition coefficient (Wildman–Crippen LogP) is 9.58. The summed E-state index contributed by atoms with van der Waals surface area (Å²) in [7, 11) is 0. The van der Waals surface area contributed by atoms with Gasteiger partial charge in [0.25, 0.3) is 0 Å². The highest BCUT2D eigenvalue weighted by Gasteiger charge is 2.25. The second-order valence-electron chi connectivity index (χ2n) is 12.4. The topological polar surface area (TPSA) is 71.1 Å². The Morgan fingerprint density at radius 3 is 1.98 bits per heavy atom. The van der Waals surface area contributed by atoms with E-state index in [1.54, 1.807) is 0 Å². The molecule has 2 aliphatic rings. The summed E-state index contributed by atoms with van der Waals surface area (Å²) in [4.78, 5) is 24.4. The third kappa shape index (κ3) is 15.0. The Balaban J connectivity index is 1.13. The van der Waals surface area contributed by atoms with Gasteiger partial charge in [0.2, 0.25) is 0 Å². The van der Waals surface area contributed by atoms with Crippen molar-refractivity contribution in [1.29, 1.82) is 0 Å². The molecular formula is C36H58O6. The van der Waals surface area contributed by atoms with Crippen molar-refractivity contribution >= 4 is 11.9 Å². The van der Waals surface area contributed by atoms with E-state index in [4.69, 9.17) is 18.9 Å². The third-order valence-electron chi connectivity index (χ3n) is 8.76. The summed E-state index contributed by atoms with van der Waals surface area (Å²) in [5, 5.41) is 0. The molecule has 0 radical (unpaired) electrons. The van der Waals surface area contributed by atoms with Gasteiger partial charge in [-0.05, 0) is 87.8 Å². The number of carbonyl (C=O) groups excluding carboxylic acids is 2. The van der Waals surface area contributed by atoms with Crippen LogP contribution in [0.4, 0.5) is 0 Å². The van der Waals surface area contributed by atoms with Crippen LogP contribution in [-0.4, -0.2) is 37.5 Å². The van der Waals surface area contributed by atoms with Crippen molar-refractivity contribution in [2.75, 3.05) is 13.2 Å². The highest BCUT2D eigenvalue weighted by atomic mass is 16.7. The molecule has 1 saturated carbocycles. The maximum Gasteiger partial charge on any atom is 0.311 e. The van der Waals surface area contributed by atoms with E-state index in [0.29, 0.717) is 24.5 Å². The molecule has 0 N–H and O–H groups in total. The lowest BCUT2D eigenvalue weighted by molar-refractivity contribution is -0.162. The van der Waals surface area contributed by atoms with Crippen molar-refractivity contribution in [3.05, 3.63) is 29.8 Å². The largest absolute Gasteiger partial charge is 0.462 e. The van der Waals surface area contributed by atoms with E-state index in [1.165, 1.54) is 63.4 Å². The standard InChI is InChI=1S/C36H58O6/c1-2-3-4-12-17-34(37)41-32-24-20-30(21-25-32)31-22-26-33(27-23-31)42-35(38)18-13-10-8-6-5-7-9-11-15-28-39-36-19-14-16-29-40-36/h20-21,24-25,31,33,36H,2-19,22-23,26-29H2,1H3. The van der Waals surface area contributed by atoms with Crippen molar-refractivity contribution in [3.8, 4) is 5.75 Å². The molecule has 1 aromatic rings. The minimum atomic E-state index is -0.144. The second kappa shape index (κ2) is 21.7. The molecule has 6 heteroatoms. The van der Waals surface area contributed by atoms with Crippen molar-refractivity contribution in [3.63, 3.8) is 0 Å². The fraction of sp³-hybridized carbons (Fsp3) is 0.778. The molecule has 1 saturated heterocycles. The number of esters is 2. The summed E-state index contributed by atoms with van der Waals surface area (Å²) in [6.45, 7) is 3.85. The Morgan fingerprint density at radius 1 is 0.714 bits per heavy atom. The van der Waals surface area contributed by atoms with E-state index in [-0.39, 0.29) is 24.3 Å². The van der Waals surface area contributed by atoms with Gasteiger partial charge in [-0.2, -0.15) is 0 Å². The molecule has 1 aromatic carbocycles. The summed E-state index contributed by atoms with van der Waals surface area (Å²) in [6, 6.07) is 7.99. The van der Waals surface area contributed by atoms with Gasteiger partial charge in [-0.3, -0.25) is 9.59 Å². The number of hydrogen-bond donors (Lipinski definition) is 0. The molecule has 0 amide bonds. The van der Waals surface area contributed by atoms with Crippen molar-refractivity contribution in [2.24, 2.45) is 0 Å². The summed E-state index contributed by atoms with van der Waals surface area (Å²) in [5.74, 6) is 0.932. The zero-order chi connectivity index (χ0) is 29.7. The highest BCUT2D eigenvalue weighted by Crippen LogP contribution is 2.35. The van der Waals surface area contributed by atoms with E-state index >= 15 is 0 Å². The van der Waals surface area contributed by atoms with Crippen LogP contribution in [0.3, 0.4) is 0 Å². The Bertz CT molecular complexity index is 839. The average Bonchev–Trinajstić information content (AvgIpc) is 3.01. The second-order valence-corrected chi connectivity index (χ2v) is 12.4. The molecule has 1 unspecified atom stereocenters. The summed E-state index contributed by atoms with van der Waals surface area (Å²) < 4.78 is 22.7. The number of ether oxygens (including phenoxy) is 4. The molecular weight excluding hydrogens is 528 g/mol. The lowest BCUT2D eigenvalue weighted by Gasteiger charge is -2.28. The SMILES string of the molecule is CCCCCCC(=O)Oc1ccc(C2CCC(OC(=O)CCCCCCCCCCCOC3CCCCO3)CC2)cc1. The van der Waals surface area contributed by atoms with Crippen LogP contribution in [0.1, 0.15) is 160 Å². The quantitative estimate of drug-likeness (QED) is 0.0811. The predicted molar refractivity (Wildman–Crippen MR) is 168 cm³/mol. The zero-order valence-corrected chi connectivity index (χ0v) is 26.5. The smallest absolute Gasteiger partial charge is 0.311 e. The molecule has 2 fully saturated rings. The van der Waals surface area contributed by atoms with Gasteiger partial charge >= 0.3 is 11.9 Å². The van der Waals surface area contributed by atoms with Crippen LogP contribution in [0, 0.1) is 0 Å². The molecule has 1 aliphatic heterocycles. The fourth-order valence-corrected chi connectivity index (χ4v) is 6.11. The van der Waals surface area contributed by atoms with Gasteiger partial charge in [0.05, 0.1) is 0 Å². The maximum absolute atomic E-state index is 12.4. The minimum absolute atomic E-state index is 0.0276. The molecule has 6 nitrogen and oxygen atoms in total. The fourth-order valence-electron chi connectivity index (χ4n) is 6.11. The zero-order valence-electron chi connectivity index (χ0n) is 26.5. The van der Waals surface area contributed by atoms with Gasteiger partial charge in [-0.25, -0.2) is 0 Å². The Labute approximate surface area is 255 Å². The molecule has 1 atom stereocenters. The lowest BCUT2D eigenvalue weighted by atomic mass is 9.83. The maximum atomic E-state index is 12.4.